The molecule has 0 unspecified atom stereocenters. The van der Waals surface area contributed by atoms with Crippen LogP contribution in [-0.2, 0) is 19.6 Å². The van der Waals surface area contributed by atoms with Crippen LogP contribution in [0.25, 0.3) is 0 Å². The number of sulfonamides is 1. The van der Waals surface area contributed by atoms with Crippen LogP contribution in [0.15, 0.2) is 47.4 Å². The highest BCUT2D eigenvalue weighted by Gasteiger charge is 2.25. The Labute approximate surface area is 161 Å². The summed E-state index contributed by atoms with van der Waals surface area (Å²) in [6.07, 6.45) is -1.39. The van der Waals surface area contributed by atoms with Crippen molar-refractivity contribution in [3.8, 4) is 0 Å². The standard InChI is InChI=1S/C18H18F2N2O5S/c1-11(17(23)21-16-7-5-4-6-15(16)20)27-18(24)13-10-12(8-9-14(13)19)28(25,26)22(2)3/h4-11H,1-3H3,(H,21,23)/t11-/m0/s1. The zero-order valence-electron chi connectivity index (χ0n) is 15.3. The molecule has 0 bridgehead atoms. The topological polar surface area (TPSA) is 92.8 Å². The summed E-state index contributed by atoms with van der Waals surface area (Å²) in [6.45, 7) is 1.21. The van der Waals surface area contributed by atoms with Crippen LogP contribution in [0.4, 0.5) is 14.5 Å². The van der Waals surface area contributed by atoms with E-state index in [0.29, 0.717) is 0 Å². The highest BCUT2D eigenvalue weighted by molar-refractivity contribution is 7.89. The molecular weight excluding hydrogens is 394 g/mol. The molecule has 1 amide bonds. The van der Waals surface area contributed by atoms with E-state index in [1.807, 2.05) is 0 Å². The molecule has 2 aromatic rings. The van der Waals surface area contributed by atoms with Gasteiger partial charge in [-0.25, -0.2) is 26.3 Å². The van der Waals surface area contributed by atoms with Gasteiger partial charge in [-0.15, -0.1) is 0 Å². The molecular formula is C18H18F2N2O5S. The molecule has 28 heavy (non-hydrogen) atoms. The number of halogens is 2. The number of carbonyl (C=O) groups excluding carboxylic acids is 2. The summed E-state index contributed by atoms with van der Waals surface area (Å²) in [5.74, 6) is -3.76. The maximum Gasteiger partial charge on any atom is 0.341 e. The minimum absolute atomic E-state index is 0.111. The van der Waals surface area contributed by atoms with Crippen LogP contribution in [0.2, 0.25) is 0 Å². The van der Waals surface area contributed by atoms with Crippen molar-refractivity contribution in [3.63, 3.8) is 0 Å². The maximum absolute atomic E-state index is 14.0. The van der Waals surface area contributed by atoms with E-state index in [1.54, 1.807) is 0 Å². The Hall–Kier alpha value is -2.85. The Morgan fingerprint density at radius 3 is 2.32 bits per heavy atom. The first kappa shape index (κ1) is 21.5. The fourth-order valence-corrected chi connectivity index (χ4v) is 3.04. The molecule has 0 aliphatic carbocycles. The number of carbonyl (C=O) groups is 2. The van der Waals surface area contributed by atoms with E-state index in [0.717, 1.165) is 28.6 Å². The van der Waals surface area contributed by atoms with Crippen LogP contribution < -0.4 is 5.32 Å². The second-order valence-electron chi connectivity index (χ2n) is 5.95. The Balaban J connectivity index is 2.18. The molecule has 0 fully saturated rings. The van der Waals surface area contributed by atoms with Gasteiger partial charge in [0.05, 0.1) is 16.1 Å². The van der Waals surface area contributed by atoms with Gasteiger partial charge in [0.25, 0.3) is 5.91 Å². The van der Waals surface area contributed by atoms with E-state index in [2.05, 4.69) is 5.32 Å². The number of esters is 1. The van der Waals surface area contributed by atoms with Gasteiger partial charge in [0.2, 0.25) is 10.0 Å². The third-order valence-electron chi connectivity index (χ3n) is 3.72. The van der Waals surface area contributed by atoms with Crippen LogP contribution in [-0.4, -0.2) is 44.8 Å². The van der Waals surface area contributed by atoms with Crippen molar-refractivity contribution < 1.29 is 31.5 Å². The Bertz CT molecular complexity index is 1010. The molecule has 1 N–H and O–H groups in total. The van der Waals surface area contributed by atoms with Crippen LogP contribution in [0.3, 0.4) is 0 Å². The first-order valence-electron chi connectivity index (χ1n) is 8.02. The number of hydrogen-bond acceptors (Lipinski definition) is 5. The monoisotopic (exact) mass is 412 g/mol. The van der Waals surface area contributed by atoms with Gasteiger partial charge in [-0.05, 0) is 37.3 Å². The number of nitrogens with zero attached hydrogens (tertiary/aromatic N) is 1. The van der Waals surface area contributed by atoms with Crippen molar-refractivity contribution in [1.29, 1.82) is 0 Å². The molecule has 0 heterocycles. The molecule has 2 aromatic carbocycles. The minimum atomic E-state index is -3.90. The highest BCUT2D eigenvalue weighted by Crippen LogP contribution is 2.19. The number of ether oxygens (including phenoxy) is 1. The molecule has 0 aliphatic rings. The highest BCUT2D eigenvalue weighted by atomic mass is 32.2. The molecule has 1 atom stereocenters. The van der Waals surface area contributed by atoms with Crippen molar-refractivity contribution in [2.75, 3.05) is 19.4 Å². The van der Waals surface area contributed by atoms with Gasteiger partial charge in [-0.1, -0.05) is 12.1 Å². The van der Waals surface area contributed by atoms with E-state index in [-0.39, 0.29) is 10.6 Å². The average molecular weight is 412 g/mol. The fraction of sp³-hybridized carbons (Fsp3) is 0.222. The van der Waals surface area contributed by atoms with Crippen molar-refractivity contribution in [1.82, 2.24) is 4.31 Å². The predicted octanol–water partition coefficient (Wildman–Crippen LogP) is 2.40. The lowest BCUT2D eigenvalue weighted by molar-refractivity contribution is -0.123. The van der Waals surface area contributed by atoms with Crippen LogP contribution in [0.5, 0.6) is 0 Å². The summed E-state index contributed by atoms with van der Waals surface area (Å²) < 4.78 is 57.7. The first-order chi connectivity index (χ1) is 13.0. The lowest BCUT2D eigenvalue weighted by Gasteiger charge is -2.15. The molecule has 7 nitrogen and oxygen atoms in total. The van der Waals surface area contributed by atoms with Crippen LogP contribution in [0, 0.1) is 11.6 Å². The third-order valence-corrected chi connectivity index (χ3v) is 5.53. The second-order valence-corrected chi connectivity index (χ2v) is 8.10. The summed E-state index contributed by atoms with van der Waals surface area (Å²) in [7, 11) is -1.33. The van der Waals surface area contributed by atoms with Gasteiger partial charge in [-0.2, -0.15) is 0 Å². The molecule has 0 spiro atoms. The number of nitrogens with one attached hydrogen (secondary N) is 1. The lowest BCUT2D eigenvalue weighted by atomic mass is 10.2. The summed E-state index contributed by atoms with van der Waals surface area (Å²) in [5.41, 5.74) is -0.755. The van der Waals surface area contributed by atoms with Gasteiger partial charge in [0, 0.05) is 14.1 Å². The van der Waals surface area contributed by atoms with Gasteiger partial charge in [0.15, 0.2) is 6.10 Å². The van der Waals surface area contributed by atoms with Gasteiger partial charge in [0.1, 0.15) is 11.6 Å². The number of para-hydroxylation sites is 1. The summed E-state index contributed by atoms with van der Waals surface area (Å²) in [5, 5.41) is 2.24. The maximum atomic E-state index is 14.0. The Kier molecular flexibility index (Phi) is 6.47. The largest absolute Gasteiger partial charge is 0.449 e. The van der Waals surface area contributed by atoms with Crippen molar-refractivity contribution in [3.05, 3.63) is 59.7 Å². The zero-order valence-corrected chi connectivity index (χ0v) is 16.1. The minimum Gasteiger partial charge on any atom is -0.449 e. The molecule has 0 saturated heterocycles. The summed E-state index contributed by atoms with van der Waals surface area (Å²) >= 11 is 0. The number of benzene rings is 2. The Morgan fingerprint density at radius 1 is 1.07 bits per heavy atom. The average Bonchev–Trinajstić information content (AvgIpc) is 2.63. The van der Waals surface area contributed by atoms with E-state index >= 15 is 0 Å². The van der Waals surface area contributed by atoms with Gasteiger partial charge < -0.3 is 10.1 Å². The molecule has 0 radical (unpaired) electrons. The normalized spacial score (nSPS) is 12.5. The molecule has 150 valence electrons. The molecule has 0 aliphatic heterocycles. The first-order valence-corrected chi connectivity index (χ1v) is 9.46. The van der Waals surface area contributed by atoms with Crippen molar-refractivity contribution >= 4 is 27.6 Å². The molecule has 10 heteroatoms. The quantitative estimate of drug-likeness (QED) is 0.736. The second kappa shape index (κ2) is 8.44. The van der Waals surface area contributed by atoms with Gasteiger partial charge >= 0.3 is 5.97 Å². The zero-order chi connectivity index (χ0) is 21.1. The third kappa shape index (κ3) is 4.70. The van der Waals surface area contributed by atoms with Crippen molar-refractivity contribution in [2.45, 2.75) is 17.9 Å². The van der Waals surface area contributed by atoms with E-state index in [1.165, 1.54) is 39.2 Å². The fourth-order valence-electron chi connectivity index (χ4n) is 2.11. The predicted molar refractivity (Wildman–Crippen MR) is 97.2 cm³/mol. The van der Waals surface area contributed by atoms with Crippen LogP contribution >= 0.6 is 0 Å². The van der Waals surface area contributed by atoms with E-state index in [4.69, 9.17) is 4.74 Å². The molecule has 0 saturated carbocycles. The number of anilines is 1. The van der Waals surface area contributed by atoms with Crippen LogP contribution in [0.1, 0.15) is 17.3 Å². The molecule has 0 aromatic heterocycles. The van der Waals surface area contributed by atoms with Crippen molar-refractivity contribution in [2.24, 2.45) is 0 Å². The lowest BCUT2D eigenvalue weighted by Crippen LogP contribution is -2.30. The summed E-state index contributed by atoms with van der Waals surface area (Å²) in [6, 6.07) is 8.05. The number of rotatable bonds is 6. The SMILES string of the molecule is C[C@H](OC(=O)c1cc(S(=O)(=O)N(C)C)ccc1F)C(=O)Nc1ccccc1F. The van der Waals surface area contributed by atoms with E-state index < -0.39 is 45.2 Å². The molecule has 2 rings (SSSR count). The summed E-state index contributed by atoms with van der Waals surface area (Å²) in [4.78, 5) is 24.0. The number of hydrogen-bond donors (Lipinski definition) is 1. The smallest absolute Gasteiger partial charge is 0.341 e. The van der Waals surface area contributed by atoms with Gasteiger partial charge in [-0.3, -0.25) is 4.79 Å². The Morgan fingerprint density at radius 2 is 1.71 bits per heavy atom. The number of amides is 1. The van der Waals surface area contributed by atoms with E-state index in [9.17, 15) is 26.8 Å².